The molecule has 0 N–H and O–H groups in total. The van der Waals surface area contributed by atoms with Crippen LogP contribution < -0.4 is 0 Å². The first-order chi connectivity index (χ1) is 8.84. The van der Waals surface area contributed by atoms with Crippen LogP contribution >= 0.6 is 11.8 Å². The fourth-order valence-corrected chi connectivity index (χ4v) is 2.18. The maximum absolute atomic E-state index is 12.5. The summed E-state index contributed by atoms with van der Waals surface area (Å²) in [4.78, 5) is 11.6. The third kappa shape index (κ3) is 4.98. The van der Waals surface area contributed by atoms with E-state index >= 15 is 0 Å². The fourth-order valence-electron chi connectivity index (χ4n) is 1.27. The molecule has 0 radical (unpaired) electrons. The van der Waals surface area contributed by atoms with Gasteiger partial charge in [-0.15, -0.1) is 11.8 Å². The summed E-state index contributed by atoms with van der Waals surface area (Å²) in [6.07, 6.45) is -2.72. The van der Waals surface area contributed by atoms with Crippen LogP contribution in [0.4, 0.5) is 13.2 Å². The topological polar surface area (TPSA) is 26.3 Å². The lowest BCUT2D eigenvalue weighted by Crippen LogP contribution is -2.04. The zero-order valence-corrected chi connectivity index (χ0v) is 11.3. The number of hydrogen-bond acceptors (Lipinski definition) is 3. The molecule has 0 saturated carbocycles. The number of ether oxygens (including phenoxy) is 1. The molecule has 0 atom stereocenters. The maximum Gasteiger partial charge on any atom is 0.416 e. The molecule has 19 heavy (non-hydrogen) atoms. The number of halogens is 3. The zero-order chi connectivity index (χ0) is 14.5. The second-order valence-electron chi connectivity index (χ2n) is 3.72. The van der Waals surface area contributed by atoms with Crippen LogP contribution in [-0.4, -0.2) is 18.8 Å². The van der Waals surface area contributed by atoms with E-state index in [1.807, 2.05) is 0 Å². The van der Waals surface area contributed by atoms with Crippen LogP contribution in [0.5, 0.6) is 0 Å². The Balaban J connectivity index is 2.67. The number of alkyl halides is 3. The van der Waals surface area contributed by atoms with Crippen LogP contribution in [0.2, 0.25) is 0 Å². The minimum absolute atomic E-state index is 0.405. The molecule has 2 nitrogen and oxygen atoms in total. The monoisotopic (exact) mass is 290 g/mol. The highest BCUT2D eigenvalue weighted by atomic mass is 32.2. The molecule has 0 unspecified atom stereocenters. The standard InChI is InChI=1S/C13H13F3O2S/c1-9(12(17)18-2)6-7-19-11-5-3-4-10(8-11)13(14,15)16/h3-6,8H,7H2,1-2H3. The number of methoxy groups -OCH3 is 1. The van der Waals surface area contributed by atoms with Crippen LogP contribution in [0, 0.1) is 0 Å². The van der Waals surface area contributed by atoms with Gasteiger partial charge in [0, 0.05) is 16.2 Å². The van der Waals surface area contributed by atoms with Gasteiger partial charge in [-0.25, -0.2) is 4.79 Å². The highest BCUT2D eigenvalue weighted by molar-refractivity contribution is 7.99. The van der Waals surface area contributed by atoms with Crippen molar-refractivity contribution in [1.82, 2.24) is 0 Å². The SMILES string of the molecule is COC(=O)C(C)=CCSc1cccc(C(F)(F)F)c1. The van der Waals surface area contributed by atoms with Crippen LogP contribution in [0.15, 0.2) is 40.8 Å². The number of rotatable bonds is 4. The van der Waals surface area contributed by atoms with E-state index in [0.717, 1.165) is 12.1 Å². The van der Waals surface area contributed by atoms with E-state index in [1.54, 1.807) is 19.1 Å². The highest BCUT2D eigenvalue weighted by Gasteiger charge is 2.30. The van der Waals surface area contributed by atoms with Crippen molar-refractivity contribution in [3.8, 4) is 0 Å². The molecule has 0 aromatic heterocycles. The van der Waals surface area contributed by atoms with Crippen molar-refractivity contribution in [1.29, 1.82) is 0 Å². The summed E-state index contributed by atoms with van der Waals surface area (Å²) in [7, 11) is 1.28. The Bertz CT molecular complexity index is 481. The molecule has 0 heterocycles. The summed E-state index contributed by atoms with van der Waals surface area (Å²) in [6.45, 7) is 1.60. The molecular formula is C13H13F3O2S. The Hall–Kier alpha value is -1.43. The molecule has 0 spiro atoms. The smallest absolute Gasteiger partial charge is 0.416 e. The van der Waals surface area contributed by atoms with Gasteiger partial charge in [0.1, 0.15) is 0 Å². The molecule has 1 aromatic carbocycles. The first-order valence-electron chi connectivity index (χ1n) is 5.39. The van der Waals surface area contributed by atoms with Crippen molar-refractivity contribution in [2.45, 2.75) is 18.0 Å². The summed E-state index contributed by atoms with van der Waals surface area (Å²) >= 11 is 1.22. The third-order valence-corrected chi connectivity index (χ3v) is 3.23. The second kappa shape index (κ2) is 6.65. The van der Waals surface area contributed by atoms with E-state index in [1.165, 1.54) is 24.9 Å². The Morgan fingerprint density at radius 1 is 1.42 bits per heavy atom. The molecule has 0 aliphatic rings. The Kier molecular flexibility index (Phi) is 5.47. The summed E-state index contributed by atoms with van der Waals surface area (Å²) in [5.74, 6) is -0.0351. The molecule has 0 aliphatic carbocycles. The Morgan fingerprint density at radius 2 is 2.11 bits per heavy atom. The number of benzene rings is 1. The molecule has 0 aliphatic heterocycles. The lowest BCUT2D eigenvalue weighted by Gasteiger charge is -2.07. The van der Waals surface area contributed by atoms with E-state index in [9.17, 15) is 18.0 Å². The second-order valence-corrected chi connectivity index (χ2v) is 4.81. The molecule has 0 fully saturated rings. The van der Waals surface area contributed by atoms with Gasteiger partial charge in [0.05, 0.1) is 12.7 Å². The van der Waals surface area contributed by atoms with Gasteiger partial charge < -0.3 is 4.74 Å². The van der Waals surface area contributed by atoms with Gasteiger partial charge in [0.15, 0.2) is 0 Å². The molecule has 1 rings (SSSR count). The van der Waals surface area contributed by atoms with Crippen LogP contribution in [0.3, 0.4) is 0 Å². The average Bonchev–Trinajstić information content (AvgIpc) is 2.37. The minimum Gasteiger partial charge on any atom is -0.466 e. The van der Waals surface area contributed by atoms with Crippen molar-refractivity contribution >= 4 is 17.7 Å². The van der Waals surface area contributed by atoms with Crippen molar-refractivity contribution in [3.05, 3.63) is 41.5 Å². The van der Waals surface area contributed by atoms with Crippen molar-refractivity contribution in [2.24, 2.45) is 0 Å². The molecule has 0 saturated heterocycles. The first-order valence-corrected chi connectivity index (χ1v) is 6.38. The van der Waals surface area contributed by atoms with E-state index in [2.05, 4.69) is 4.74 Å². The molecule has 0 amide bonds. The van der Waals surface area contributed by atoms with Crippen LogP contribution in [-0.2, 0) is 15.7 Å². The first kappa shape index (κ1) is 15.6. The maximum atomic E-state index is 12.5. The van der Waals surface area contributed by atoms with Crippen LogP contribution in [0.25, 0.3) is 0 Å². The predicted octanol–water partition coefficient (Wildman–Crippen LogP) is 3.92. The van der Waals surface area contributed by atoms with E-state index < -0.39 is 17.7 Å². The molecule has 6 heteroatoms. The molecular weight excluding hydrogens is 277 g/mol. The highest BCUT2D eigenvalue weighted by Crippen LogP contribution is 2.31. The van der Waals surface area contributed by atoms with Crippen molar-refractivity contribution < 1.29 is 22.7 Å². The van der Waals surface area contributed by atoms with Crippen molar-refractivity contribution in [3.63, 3.8) is 0 Å². The average molecular weight is 290 g/mol. The van der Waals surface area contributed by atoms with Gasteiger partial charge in [-0.3, -0.25) is 0 Å². The van der Waals surface area contributed by atoms with Crippen molar-refractivity contribution in [2.75, 3.05) is 12.9 Å². The summed E-state index contributed by atoms with van der Waals surface area (Å²) < 4.78 is 42.0. The summed E-state index contributed by atoms with van der Waals surface area (Å²) in [5.41, 5.74) is -0.242. The number of carbonyl (C=O) groups excluding carboxylic acids is 1. The van der Waals surface area contributed by atoms with Crippen LogP contribution in [0.1, 0.15) is 12.5 Å². The van der Waals surface area contributed by atoms with E-state index in [0.29, 0.717) is 16.2 Å². The van der Waals surface area contributed by atoms with Gasteiger partial charge in [-0.1, -0.05) is 12.1 Å². The summed E-state index contributed by atoms with van der Waals surface area (Å²) in [6, 6.07) is 5.08. The normalized spacial score (nSPS) is 12.4. The van der Waals surface area contributed by atoms with Gasteiger partial charge in [-0.2, -0.15) is 13.2 Å². The molecule has 1 aromatic rings. The third-order valence-electron chi connectivity index (χ3n) is 2.31. The number of hydrogen-bond donors (Lipinski definition) is 0. The van der Waals surface area contributed by atoms with Gasteiger partial charge in [0.2, 0.25) is 0 Å². The Morgan fingerprint density at radius 3 is 2.68 bits per heavy atom. The fraction of sp³-hybridized carbons (Fsp3) is 0.308. The number of thioether (sulfide) groups is 1. The minimum atomic E-state index is -4.34. The molecule has 0 bridgehead atoms. The van der Waals surface area contributed by atoms with Gasteiger partial charge in [-0.05, 0) is 25.1 Å². The zero-order valence-electron chi connectivity index (χ0n) is 10.5. The predicted molar refractivity (Wildman–Crippen MR) is 67.9 cm³/mol. The largest absolute Gasteiger partial charge is 0.466 e. The van der Waals surface area contributed by atoms with Gasteiger partial charge >= 0.3 is 12.1 Å². The Labute approximate surface area is 113 Å². The van der Waals surface area contributed by atoms with E-state index in [4.69, 9.17) is 0 Å². The van der Waals surface area contributed by atoms with E-state index in [-0.39, 0.29) is 0 Å². The van der Waals surface area contributed by atoms with Gasteiger partial charge in [0.25, 0.3) is 0 Å². The lowest BCUT2D eigenvalue weighted by molar-refractivity contribution is -0.138. The quantitative estimate of drug-likeness (QED) is 0.477. The summed E-state index contributed by atoms with van der Waals surface area (Å²) in [5, 5.41) is 0. The number of carbonyl (C=O) groups is 1. The molecule has 104 valence electrons. The number of esters is 1. The lowest BCUT2D eigenvalue weighted by atomic mass is 10.2.